The van der Waals surface area contributed by atoms with Gasteiger partial charge in [-0.25, -0.2) is 0 Å². The van der Waals surface area contributed by atoms with Gasteiger partial charge in [0.05, 0.1) is 10.7 Å². The van der Waals surface area contributed by atoms with E-state index in [1.54, 1.807) is 24.3 Å². The summed E-state index contributed by atoms with van der Waals surface area (Å²) in [5.74, 6) is -0.420. The molecule has 1 saturated heterocycles. The Bertz CT molecular complexity index is 577. The summed E-state index contributed by atoms with van der Waals surface area (Å²) in [5, 5.41) is 6.02. The van der Waals surface area contributed by atoms with Gasteiger partial charge in [0, 0.05) is 13.0 Å². The highest BCUT2D eigenvalue weighted by Gasteiger charge is 2.31. The van der Waals surface area contributed by atoms with Crippen molar-refractivity contribution in [3.05, 3.63) is 29.3 Å². The molecule has 1 heterocycles. The largest absolute Gasteiger partial charge is 0.325 e. The monoisotopic (exact) mass is 325 g/mol. The molecule has 0 aliphatic carbocycles. The molecule has 1 atom stereocenters. The number of benzene rings is 1. The van der Waals surface area contributed by atoms with Gasteiger partial charge in [-0.3, -0.25) is 14.6 Å². The molecule has 0 spiro atoms. The number of carbonyl (C=O) groups is 2. The van der Waals surface area contributed by atoms with Crippen molar-refractivity contribution in [1.82, 2.24) is 5.32 Å². The summed E-state index contributed by atoms with van der Waals surface area (Å²) in [6.45, 7) is 2.68. The predicted molar refractivity (Wildman–Crippen MR) is 86.8 cm³/mol. The summed E-state index contributed by atoms with van der Waals surface area (Å²) in [7, 11) is 0. The highest BCUT2D eigenvalue weighted by Crippen LogP contribution is 2.24. The van der Waals surface area contributed by atoms with Crippen molar-refractivity contribution in [2.24, 2.45) is 4.99 Å². The fraction of sp³-hybridized carbons (Fsp3) is 0.357. The third-order valence-corrected chi connectivity index (χ3v) is 4.22. The maximum absolute atomic E-state index is 12.0. The summed E-state index contributed by atoms with van der Waals surface area (Å²) >= 11 is 7.27. The molecule has 0 aromatic heterocycles. The molecule has 2 N–H and O–H groups in total. The molecule has 2 amide bonds. The molecule has 1 aliphatic heterocycles. The standard InChI is InChI=1S/C14H16ClN3O2S/c1-2-7-16-14-18-13(20)11(21-14)8-12(19)17-10-6-4-3-5-9(10)15/h3-6,11H,2,7-8H2,1H3,(H,17,19)(H,16,18,20). The van der Waals surface area contributed by atoms with Gasteiger partial charge in [0.2, 0.25) is 11.8 Å². The normalized spacial score (nSPS) is 19.6. The molecule has 1 aromatic carbocycles. The van der Waals surface area contributed by atoms with Crippen molar-refractivity contribution in [2.75, 3.05) is 11.9 Å². The quantitative estimate of drug-likeness (QED) is 0.874. The van der Waals surface area contributed by atoms with E-state index in [0.717, 1.165) is 6.42 Å². The number of hydrogen-bond acceptors (Lipinski definition) is 4. The Morgan fingerprint density at radius 3 is 2.95 bits per heavy atom. The van der Waals surface area contributed by atoms with Crippen molar-refractivity contribution in [2.45, 2.75) is 25.0 Å². The molecule has 7 heteroatoms. The minimum atomic E-state index is -0.442. The third kappa shape index (κ3) is 4.47. The first-order valence-electron chi connectivity index (χ1n) is 6.66. The molecule has 1 aliphatic rings. The summed E-state index contributed by atoms with van der Waals surface area (Å²) in [6.07, 6.45) is 1.00. The number of amidine groups is 1. The van der Waals surface area contributed by atoms with E-state index < -0.39 is 5.25 Å². The van der Waals surface area contributed by atoms with E-state index >= 15 is 0 Å². The lowest BCUT2D eigenvalue weighted by Crippen LogP contribution is -2.28. The van der Waals surface area contributed by atoms with E-state index in [1.807, 2.05) is 6.92 Å². The van der Waals surface area contributed by atoms with E-state index in [-0.39, 0.29) is 18.2 Å². The van der Waals surface area contributed by atoms with E-state index in [2.05, 4.69) is 15.6 Å². The smallest absolute Gasteiger partial charge is 0.240 e. The molecule has 112 valence electrons. The first-order valence-corrected chi connectivity index (χ1v) is 7.92. The summed E-state index contributed by atoms with van der Waals surface area (Å²) in [5.41, 5.74) is 0.549. The van der Waals surface area contributed by atoms with Crippen LogP contribution in [0, 0.1) is 0 Å². The van der Waals surface area contributed by atoms with Crippen LogP contribution < -0.4 is 10.6 Å². The minimum absolute atomic E-state index is 0.0901. The number of anilines is 1. The maximum Gasteiger partial charge on any atom is 0.240 e. The van der Waals surface area contributed by atoms with Gasteiger partial charge in [-0.15, -0.1) is 0 Å². The second-order valence-corrected chi connectivity index (χ2v) is 6.11. The topological polar surface area (TPSA) is 70.6 Å². The van der Waals surface area contributed by atoms with Crippen LogP contribution in [0.3, 0.4) is 0 Å². The van der Waals surface area contributed by atoms with Crippen LogP contribution in [-0.4, -0.2) is 28.8 Å². The summed E-state index contributed by atoms with van der Waals surface area (Å²) < 4.78 is 0. The van der Waals surface area contributed by atoms with Crippen LogP contribution in [0.5, 0.6) is 0 Å². The minimum Gasteiger partial charge on any atom is -0.325 e. The van der Waals surface area contributed by atoms with Gasteiger partial charge < -0.3 is 10.6 Å². The number of halogens is 1. The molecule has 0 radical (unpaired) electrons. The number of thioether (sulfide) groups is 1. The van der Waals surface area contributed by atoms with E-state index in [9.17, 15) is 9.59 Å². The van der Waals surface area contributed by atoms with E-state index in [4.69, 9.17) is 11.6 Å². The van der Waals surface area contributed by atoms with Crippen molar-refractivity contribution in [3.8, 4) is 0 Å². The van der Waals surface area contributed by atoms with Crippen LogP contribution in [0.2, 0.25) is 5.02 Å². The Balaban J connectivity index is 1.91. The fourth-order valence-electron chi connectivity index (χ4n) is 1.76. The van der Waals surface area contributed by atoms with Crippen molar-refractivity contribution >= 4 is 46.0 Å². The highest BCUT2D eigenvalue weighted by atomic mass is 35.5. The van der Waals surface area contributed by atoms with Gasteiger partial charge in [0.1, 0.15) is 5.25 Å². The Labute approximate surface area is 132 Å². The van der Waals surface area contributed by atoms with Gasteiger partial charge >= 0.3 is 0 Å². The van der Waals surface area contributed by atoms with E-state index in [0.29, 0.717) is 22.4 Å². The fourth-order valence-corrected chi connectivity index (χ4v) is 2.94. The van der Waals surface area contributed by atoms with Crippen LogP contribution in [0.15, 0.2) is 29.3 Å². The molecular formula is C14H16ClN3O2S. The average molecular weight is 326 g/mol. The molecule has 2 rings (SSSR count). The number of carbonyl (C=O) groups excluding carboxylic acids is 2. The number of hydrogen-bond donors (Lipinski definition) is 2. The SMILES string of the molecule is CCCN=C1NC(=O)C(CC(=O)Nc2ccccc2Cl)S1. The molecule has 1 unspecified atom stereocenters. The van der Waals surface area contributed by atoms with Crippen molar-refractivity contribution < 1.29 is 9.59 Å². The Morgan fingerprint density at radius 1 is 1.48 bits per heavy atom. The second kappa shape index (κ2) is 7.47. The van der Waals surface area contributed by atoms with Crippen LogP contribution in [0.25, 0.3) is 0 Å². The first-order chi connectivity index (χ1) is 10.1. The lowest BCUT2D eigenvalue weighted by atomic mass is 10.2. The molecule has 1 aromatic rings. The van der Waals surface area contributed by atoms with Gasteiger partial charge in [-0.1, -0.05) is 42.4 Å². The zero-order valence-electron chi connectivity index (χ0n) is 11.6. The van der Waals surface area contributed by atoms with Crippen LogP contribution in [-0.2, 0) is 9.59 Å². The van der Waals surface area contributed by atoms with Gasteiger partial charge in [-0.2, -0.15) is 0 Å². The number of nitrogens with one attached hydrogen (secondary N) is 2. The van der Waals surface area contributed by atoms with E-state index in [1.165, 1.54) is 11.8 Å². The lowest BCUT2D eigenvalue weighted by molar-refractivity contribution is -0.122. The zero-order valence-corrected chi connectivity index (χ0v) is 13.1. The average Bonchev–Trinajstić information content (AvgIpc) is 2.79. The number of amides is 2. The Morgan fingerprint density at radius 2 is 2.24 bits per heavy atom. The van der Waals surface area contributed by atoms with Crippen LogP contribution in [0.4, 0.5) is 5.69 Å². The predicted octanol–water partition coefficient (Wildman–Crippen LogP) is 2.67. The Kier molecular flexibility index (Phi) is 5.64. The summed E-state index contributed by atoms with van der Waals surface area (Å²) in [4.78, 5) is 28.0. The molecule has 0 bridgehead atoms. The molecular weight excluding hydrogens is 310 g/mol. The van der Waals surface area contributed by atoms with Gasteiger partial charge in [-0.05, 0) is 18.6 Å². The number of nitrogens with zero attached hydrogens (tertiary/aromatic N) is 1. The third-order valence-electron chi connectivity index (χ3n) is 2.77. The number of rotatable bonds is 5. The molecule has 1 fully saturated rings. The maximum atomic E-state index is 12.0. The van der Waals surface area contributed by atoms with Gasteiger partial charge in [0.15, 0.2) is 5.17 Å². The number of para-hydroxylation sites is 1. The Hall–Kier alpha value is -1.53. The van der Waals surface area contributed by atoms with Crippen molar-refractivity contribution in [3.63, 3.8) is 0 Å². The number of aliphatic imine (C=N–C) groups is 1. The second-order valence-electron chi connectivity index (χ2n) is 4.51. The van der Waals surface area contributed by atoms with Crippen LogP contribution >= 0.6 is 23.4 Å². The molecule has 0 saturated carbocycles. The highest BCUT2D eigenvalue weighted by molar-refractivity contribution is 8.15. The molecule has 21 heavy (non-hydrogen) atoms. The summed E-state index contributed by atoms with van der Waals surface area (Å²) in [6, 6.07) is 6.99. The van der Waals surface area contributed by atoms with Crippen LogP contribution in [0.1, 0.15) is 19.8 Å². The lowest BCUT2D eigenvalue weighted by Gasteiger charge is -2.08. The van der Waals surface area contributed by atoms with Gasteiger partial charge in [0.25, 0.3) is 0 Å². The zero-order chi connectivity index (χ0) is 15.2. The molecule has 5 nitrogen and oxygen atoms in total. The van der Waals surface area contributed by atoms with Crippen molar-refractivity contribution in [1.29, 1.82) is 0 Å². The first kappa shape index (κ1) is 15.9.